The van der Waals surface area contributed by atoms with Crippen molar-refractivity contribution in [3.05, 3.63) is 60.8 Å². The molecule has 1 fully saturated rings. The zero-order valence-corrected chi connectivity index (χ0v) is 17.1. The van der Waals surface area contributed by atoms with E-state index >= 15 is 0 Å². The number of aromatic nitrogens is 1. The summed E-state index contributed by atoms with van der Waals surface area (Å²) in [6, 6.07) is 17.5. The summed E-state index contributed by atoms with van der Waals surface area (Å²) >= 11 is 0. The number of sulfonamides is 1. The minimum absolute atomic E-state index is 0.0613. The molecule has 0 N–H and O–H groups in total. The van der Waals surface area contributed by atoms with Crippen molar-refractivity contribution in [2.75, 3.05) is 13.1 Å². The van der Waals surface area contributed by atoms with E-state index in [4.69, 9.17) is 4.74 Å². The lowest BCUT2D eigenvalue weighted by Gasteiger charge is -2.32. The first-order valence-corrected chi connectivity index (χ1v) is 11.2. The SMILES string of the molecule is CC(C)Oc1ccc(S(=O)(=O)N2CCC(n3ccc4ccccc43)CC2)cc1. The van der Waals surface area contributed by atoms with Crippen molar-refractivity contribution in [1.29, 1.82) is 0 Å². The summed E-state index contributed by atoms with van der Waals surface area (Å²) in [6.45, 7) is 4.96. The minimum Gasteiger partial charge on any atom is -0.491 e. The maximum Gasteiger partial charge on any atom is 0.243 e. The Kier molecular flexibility index (Phi) is 5.17. The van der Waals surface area contributed by atoms with Gasteiger partial charge in [0.05, 0.1) is 11.0 Å². The summed E-state index contributed by atoms with van der Waals surface area (Å²) in [7, 11) is -3.47. The van der Waals surface area contributed by atoms with Crippen LogP contribution in [-0.2, 0) is 10.0 Å². The molecule has 0 amide bonds. The quantitative estimate of drug-likeness (QED) is 0.638. The van der Waals surface area contributed by atoms with Gasteiger partial charge >= 0.3 is 0 Å². The van der Waals surface area contributed by atoms with Crippen LogP contribution in [0.15, 0.2) is 65.7 Å². The van der Waals surface area contributed by atoms with Gasteiger partial charge < -0.3 is 9.30 Å². The molecule has 28 heavy (non-hydrogen) atoms. The first-order valence-electron chi connectivity index (χ1n) is 9.77. The zero-order chi connectivity index (χ0) is 19.7. The fourth-order valence-corrected chi connectivity index (χ4v) is 5.36. The molecule has 2 aromatic carbocycles. The molecule has 1 saturated heterocycles. The van der Waals surface area contributed by atoms with Crippen molar-refractivity contribution in [3.63, 3.8) is 0 Å². The van der Waals surface area contributed by atoms with Crippen LogP contribution in [0, 0.1) is 0 Å². The minimum atomic E-state index is -3.47. The number of ether oxygens (including phenoxy) is 1. The molecule has 0 saturated carbocycles. The van der Waals surface area contributed by atoms with Crippen LogP contribution in [0.3, 0.4) is 0 Å². The van der Waals surface area contributed by atoms with Crippen LogP contribution in [-0.4, -0.2) is 36.5 Å². The molecule has 0 atom stereocenters. The largest absolute Gasteiger partial charge is 0.491 e. The van der Waals surface area contributed by atoms with E-state index in [-0.39, 0.29) is 6.10 Å². The van der Waals surface area contributed by atoms with Gasteiger partial charge in [-0.1, -0.05) is 18.2 Å². The highest BCUT2D eigenvalue weighted by molar-refractivity contribution is 7.89. The van der Waals surface area contributed by atoms with Gasteiger partial charge in [-0.3, -0.25) is 0 Å². The third kappa shape index (κ3) is 3.66. The Hall–Kier alpha value is -2.31. The van der Waals surface area contributed by atoms with Crippen LogP contribution in [0.1, 0.15) is 32.7 Å². The lowest BCUT2D eigenvalue weighted by atomic mass is 10.1. The summed E-state index contributed by atoms with van der Waals surface area (Å²) in [5.74, 6) is 0.687. The fourth-order valence-electron chi connectivity index (χ4n) is 3.90. The number of hydrogen-bond acceptors (Lipinski definition) is 3. The summed E-state index contributed by atoms with van der Waals surface area (Å²) < 4.78 is 35.5. The van der Waals surface area contributed by atoms with Gasteiger partial charge in [0.1, 0.15) is 5.75 Å². The summed E-state index contributed by atoms with van der Waals surface area (Å²) in [5, 5.41) is 1.22. The van der Waals surface area contributed by atoms with E-state index in [1.54, 1.807) is 28.6 Å². The Bertz CT molecular complexity index is 1050. The number of piperidine rings is 1. The standard InChI is InChI=1S/C22H26N2O3S/c1-17(2)27-20-7-9-21(10-8-20)28(25,26)23-14-12-19(13-15-23)24-16-11-18-5-3-4-6-22(18)24/h3-11,16-17,19H,12-15H2,1-2H3. The first-order chi connectivity index (χ1) is 13.4. The molecule has 2 heterocycles. The second-order valence-corrected chi connectivity index (χ2v) is 9.49. The predicted octanol–water partition coefficient (Wildman–Crippen LogP) is 4.45. The molecule has 0 unspecified atom stereocenters. The third-order valence-corrected chi connectivity index (χ3v) is 7.19. The Labute approximate surface area is 166 Å². The molecule has 3 aromatic rings. The first kappa shape index (κ1) is 19.0. The molecule has 0 radical (unpaired) electrons. The van der Waals surface area contributed by atoms with Gasteiger partial charge in [-0.2, -0.15) is 4.31 Å². The van der Waals surface area contributed by atoms with Gasteiger partial charge in [-0.05, 0) is 68.5 Å². The lowest BCUT2D eigenvalue weighted by Crippen LogP contribution is -2.38. The molecule has 0 aliphatic carbocycles. The number of hydrogen-bond donors (Lipinski definition) is 0. The average Bonchev–Trinajstić information content (AvgIpc) is 3.12. The highest BCUT2D eigenvalue weighted by atomic mass is 32.2. The monoisotopic (exact) mass is 398 g/mol. The Balaban J connectivity index is 1.46. The van der Waals surface area contributed by atoms with Gasteiger partial charge in [0, 0.05) is 30.8 Å². The Morgan fingerprint density at radius 1 is 0.964 bits per heavy atom. The van der Waals surface area contributed by atoms with Crippen LogP contribution in [0.2, 0.25) is 0 Å². The summed E-state index contributed by atoms with van der Waals surface area (Å²) in [4.78, 5) is 0.327. The number of fused-ring (bicyclic) bond motifs is 1. The fraction of sp³-hybridized carbons (Fsp3) is 0.364. The van der Waals surface area contributed by atoms with E-state index in [9.17, 15) is 8.42 Å². The molecule has 1 aliphatic rings. The van der Waals surface area contributed by atoms with Gasteiger partial charge in [-0.15, -0.1) is 0 Å². The van der Waals surface area contributed by atoms with Gasteiger partial charge in [0.25, 0.3) is 0 Å². The molecule has 6 heteroatoms. The van der Waals surface area contributed by atoms with Crippen LogP contribution in [0.5, 0.6) is 5.75 Å². The number of nitrogens with zero attached hydrogens (tertiary/aromatic N) is 2. The molecule has 5 nitrogen and oxygen atoms in total. The molecular formula is C22H26N2O3S. The van der Waals surface area contributed by atoms with Gasteiger partial charge in [0.15, 0.2) is 0 Å². The summed E-state index contributed by atoms with van der Waals surface area (Å²) in [5.41, 5.74) is 1.21. The van der Waals surface area contributed by atoms with Crippen LogP contribution in [0.4, 0.5) is 0 Å². The third-order valence-electron chi connectivity index (χ3n) is 5.28. The second-order valence-electron chi connectivity index (χ2n) is 7.56. The Morgan fingerprint density at radius 2 is 1.64 bits per heavy atom. The molecule has 1 aliphatic heterocycles. The lowest BCUT2D eigenvalue weighted by molar-refractivity contribution is 0.242. The van der Waals surface area contributed by atoms with Crippen LogP contribution >= 0.6 is 0 Å². The smallest absolute Gasteiger partial charge is 0.243 e. The zero-order valence-electron chi connectivity index (χ0n) is 16.3. The number of rotatable bonds is 5. The van der Waals surface area contributed by atoms with E-state index in [0.29, 0.717) is 29.8 Å². The van der Waals surface area contributed by atoms with E-state index in [0.717, 1.165) is 12.8 Å². The predicted molar refractivity (Wildman–Crippen MR) is 111 cm³/mol. The Morgan fingerprint density at radius 3 is 2.32 bits per heavy atom. The van der Waals surface area contributed by atoms with Crippen molar-refractivity contribution in [2.45, 2.75) is 43.7 Å². The van der Waals surface area contributed by atoms with Gasteiger partial charge in [-0.25, -0.2) is 8.42 Å². The second kappa shape index (κ2) is 7.60. The highest BCUT2D eigenvalue weighted by Gasteiger charge is 2.30. The number of para-hydroxylation sites is 1. The van der Waals surface area contributed by atoms with Gasteiger partial charge in [0.2, 0.25) is 10.0 Å². The highest BCUT2D eigenvalue weighted by Crippen LogP contribution is 2.30. The normalized spacial score (nSPS) is 16.7. The van der Waals surface area contributed by atoms with Crippen molar-refractivity contribution in [3.8, 4) is 5.75 Å². The van der Waals surface area contributed by atoms with E-state index in [2.05, 4.69) is 29.0 Å². The van der Waals surface area contributed by atoms with Crippen molar-refractivity contribution < 1.29 is 13.2 Å². The molecule has 0 spiro atoms. The maximum absolute atomic E-state index is 13.0. The van der Waals surface area contributed by atoms with Crippen molar-refractivity contribution in [1.82, 2.24) is 8.87 Å². The van der Waals surface area contributed by atoms with E-state index in [1.165, 1.54) is 10.9 Å². The van der Waals surface area contributed by atoms with Crippen molar-refractivity contribution >= 4 is 20.9 Å². The van der Waals surface area contributed by atoms with Crippen LogP contribution in [0.25, 0.3) is 10.9 Å². The van der Waals surface area contributed by atoms with Crippen molar-refractivity contribution in [2.24, 2.45) is 0 Å². The van der Waals surface area contributed by atoms with E-state index < -0.39 is 10.0 Å². The average molecular weight is 399 g/mol. The summed E-state index contributed by atoms with van der Waals surface area (Å²) in [6.07, 6.45) is 3.80. The topological polar surface area (TPSA) is 51.5 Å². The van der Waals surface area contributed by atoms with E-state index in [1.807, 2.05) is 26.0 Å². The molecular weight excluding hydrogens is 372 g/mol. The molecule has 148 valence electrons. The number of benzene rings is 2. The molecule has 0 bridgehead atoms. The maximum atomic E-state index is 13.0. The van der Waals surface area contributed by atoms with Crippen LogP contribution < -0.4 is 4.74 Å². The molecule has 4 rings (SSSR count). The molecule has 1 aromatic heterocycles.